The van der Waals surface area contributed by atoms with E-state index in [2.05, 4.69) is 5.32 Å². The minimum Gasteiger partial charge on any atom is -0.329 e. The summed E-state index contributed by atoms with van der Waals surface area (Å²) in [6.07, 6.45) is 7.59. The molecule has 0 spiro atoms. The molecule has 2 nitrogen and oxygen atoms in total. The van der Waals surface area contributed by atoms with E-state index < -0.39 is 0 Å². The van der Waals surface area contributed by atoms with Gasteiger partial charge in [-0.05, 0) is 55.8 Å². The van der Waals surface area contributed by atoms with Gasteiger partial charge in [0.2, 0.25) is 0 Å². The fourth-order valence-electron chi connectivity index (χ4n) is 4.51. The molecule has 0 saturated heterocycles. The van der Waals surface area contributed by atoms with Gasteiger partial charge in [-0.1, -0.05) is 0 Å². The first-order valence-electron chi connectivity index (χ1n) is 6.30. The van der Waals surface area contributed by atoms with Gasteiger partial charge >= 0.3 is 0 Å². The summed E-state index contributed by atoms with van der Waals surface area (Å²) in [5.41, 5.74) is 5.57. The van der Waals surface area contributed by atoms with E-state index in [-0.39, 0.29) is 0 Å². The Morgan fingerprint density at radius 2 is 1.50 bits per heavy atom. The van der Waals surface area contributed by atoms with Crippen LogP contribution < -0.4 is 11.1 Å². The Morgan fingerprint density at radius 3 is 2.00 bits per heavy atom. The fraction of sp³-hybridized carbons (Fsp3) is 1.00. The number of nitrogens with one attached hydrogen (secondary N) is 1. The zero-order valence-corrected chi connectivity index (χ0v) is 8.91. The van der Waals surface area contributed by atoms with E-state index in [1.165, 1.54) is 25.7 Å². The summed E-state index contributed by atoms with van der Waals surface area (Å²) in [7, 11) is 0. The SMILES string of the molecule is NCCNC1C2CC3CC(C2)CC1C3. The summed E-state index contributed by atoms with van der Waals surface area (Å²) in [6, 6.07) is 0.825. The monoisotopic (exact) mass is 194 g/mol. The van der Waals surface area contributed by atoms with Crippen LogP contribution in [0.5, 0.6) is 0 Å². The van der Waals surface area contributed by atoms with Crippen molar-refractivity contribution in [2.75, 3.05) is 13.1 Å². The number of hydrogen-bond acceptors (Lipinski definition) is 2. The summed E-state index contributed by atoms with van der Waals surface area (Å²) in [6.45, 7) is 1.82. The molecule has 0 aromatic carbocycles. The second-order valence-electron chi connectivity index (χ2n) is 5.70. The van der Waals surface area contributed by atoms with Crippen LogP contribution in [-0.4, -0.2) is 19.1 Å². The van der Waals surface area contributed by atoms with E-state index in [4.69, 9.17) is 5.73 Å². The third kappa shape index (κ3) is 1.40. The second kappa shape index (κ2) is 3.49. The molecule has 3 N–H and O–H groups in total. The lowest BCUT2D eigenvalue weighted by Gasteiger charge is -2.54. The molecule has 4 fully saturated rings. The first kappa shape index (κ1) is 9.17. The van der Waals surface area contributed by atoms with E-state index in [0.717, 1.165) is 42.8 Å². The van der Waals surface area contributed by atoms with Crippen molar-refractivity contribution in [3.63, 3.8) is 0 Å². The highest BCUT2D eigenvalue weighted by atomic mass is 15.0. The van der Waals surface area contributed by atoms with Crippen LogP contribution in [0.2, 0.25) is 0 Å². The largest absolute Gasteiger partial charge is 0.329 e. The smallest absolute Gasteiger partial charge is 0.0124 e. The first-order valence-corrected chi connectivity index (χ1v) is 6.30. The standard InChI is InChI=1S/C12H22N2/c13-1-2-14-12-10-4-8-3-9(6-10)7-11(12)5-8/h8-12,14H,1-7,13H2. The molecular formula is C12H22N2. The van der Waals surface area contributed by atoms with Crippen LogP contribution in [0.15, 0.2) is 0 Å². The van der Waals surface area contributed by atoms with Gasteiger partial charge in [0.25, 0.3) is 0 Å². The van der Waals surface area contributed by atoms with Gasteiger partial charge in [0.05, 0.1) is 0 Å². The van der Waals surface area contributed by atoms with Crippen molar-refractivity contribution in [2.45, 2.75) is 38.1 Å². The number of nitrogens with two attached hydrogens (primary N) is 1. The van der Waals surface area contributed by atoms with Crippen molar-refractivity contribution >= 4 is 0 Å². The average molecular weight is 194 g/mol. The molecule has 4 aliphatic carbocycles. The Morgan fingerprint density at radius 1 is 0.929 bits per heavy atom. The van der Waals surface area contributed by atoms with E-state index in [0.29, 0.717) is 0 Å². The Balaban J connectivity index is 1.69. The molecule has 4 saturated carbocycles. The third-order valence-electron chi connectivity index (χ3n) is 4.75. The molecule has 0 aliphatic heterocycles. The highest BCUT2D eigenvalue weighted by Crippen LogP contribution is 2.53. The topological polar surface area (TPSA) is 38.0 Å². The van der Waals surface area contributed by atoms with Gasteiger partial charge in [-0.3, -0.25) is 0 Å². The van der Waals surface area contributed by atoms with Crippen molar-refractivity contribution in [1.82, 2.24) is 5.32 Å². The molecule has 80 valence electrons. The minimum absolute atomic E-state index is 0.794. The zero-order valence-electron chi connectivity index (χ0n) is 8.91. The molecule has 0 aromatic rings. The van der Waals surface area contributed by atoms with Gasteiger partial charge in [-0.2, -0.15) is 0 Å². The molecule has 0 atom stereocenters. The predicted octanol–water partition coefficient (Wildman–Crippen LogP) is 1.36. The number of hydrogen-bond donors (Lipinski definition) is 2. The summed E-state index contributed by atoms with van der Waals surface area (Å²) < 4.78 is 0. The third-order valence-corrected chi connectivity index (χ3v) is 4.75. The van der Waals surface area contributed by atoms with Crippen LogP contribution in [-0.2, 0) is 0 Å². The van der Waals surface area contributed by atoms with Crippen LogP contribution in [0, 0.1) is 23.7 Å². The summed E-state index contributed by atoms with van der Waals surface area (Å²) in [4.78, 5) is 0. The van der Waals surface area contributed by atoms with Crippen molar-refractivity contribution in [3.05, 3.63) is 0 Å². The zero-order chi connectivity index (χ0) is 9.54. The maximum Gasteiger partial charge on any atom is 0.0124 e. The van der Waals surface area contributed by atoms with Crippen molar-refractivity contribution in [3.8, 4) is 0 Å². The first-order chi connectivity index (χ1) is 6.86. The van der Waals surface area contributed by atoms with Crippen molar-refractivity contribution in [1.29, 1.82) is 0 Å². The predicted molar refractivity (Wildman–Crippen MR) is 57.9 cm³/mol. The van der Waals surface area contributed by atoms with Crippen LogP contribution in [0.3, 0.4) is 0 Å². The van der Waals surface area contributed by atoms with Gasteiger partial charge in [0.1, 0.15) is 0 Å². The minimum atomic E-state index is 0.794. The van der Waals surface area contributed by atoms with Crippen molar-refractivity contribution in [2.24, 2.45) is 29.4 Å². The Kier molecular flexibility index (Phi) is 2.29. The summed E-state index contributed by atoms with van der Waals surface area (Å²) in [5, 5.41) is 3.69. The Hall–Kier alpha value is -0.0800. The van der Waals surface area contributed by atoms with Gasteiger partial charge in [-0.25, -0.2) is 0 Å². The summed E-state index contributed by atoms with van der Waals surface area (Å²) >= 11 is 0. The molecule has 4 bridgehead atoms. The average Bonchev–Trinajstić information content (AvgIpc) is 2.15. The van der Waals surface area contributed by atoms with Gasteiger partial charge in [-0.15, -0.1) is 0 Å². The molecule has 4 rings (SSSR count). The highest BCUT2D eigenvalue weighted by molar-refractivity contribution is 5.01. The molecule has 0 unspecified atom stereocenters. The molecule has 2 heteroatoms. The van der Waals surface area contributed by atoms with Gasteiger partial charge in [0.15, 0.2) is 0 Å². The van der Waals surface area contributed by atoms with Crippen LogP contribution in [0.25, 0.3) is 0 Å². The normalized spacial score (nSPS) is 49.9. The number of rotatable bonds is 3. The van der Waals surface area contributed by atoms with Crippen molar-refractivity contribution < 1.29 is 0 Å². The van der Waals surface area contributed by atoms with E-state index >= 15 is 0 Å². The van der Waals surface area contributed by atoms with Crippen LogP contribution >= 0.6 is 0 Å². The Labute approximate surface area is 86.6 Å². The lowest BCUT2D eigenvalue weighted by atomic mass is 9.54. The molecular weight excluding hydrogens is 172 g/mol. The maximum absolute atomic E-state index is 5.57. The summed E-state index contributed by atoms with van der Waals surface area (Å²) in [5.74, 6) is 4.18. The van der Waals surface area contributed by atoms with Crippen LogP contribution in [0.1, 0.15) is 32.1 Å². The molecule has 0 radical (unpaired) electrons. The lowest BCUT2D eigenvalue weighted by Crippen LogP contribution is -2.55. The van der Waals surface area contributed by atoms with E-state index in [9.17, 15) is 0 Å². The van der Waals surface area contributed by atoms with E-state index in [1.807, 2.05) is 0 Å². The Bertz CT molecular complexity index is 186. The highest BCUT2D eigenvalue weighted by Gasteiger charge is 2.47. The van der Waals surface area contributed by atoms with Gasteiger partial charge < -0.3 is 11.1 Å². The molecule has 0 amide bonds. The second-order valence-corrected chi connectivity index (χ2v) is 5.70. The quantitative estimate of drug-likeness (QED) is 0.712. The van der Waals surface area contributed by atoms with Crippen LogP contribution in [0.4, 0.5) is 0 Å². The molecule has 0 aromatic heterocycles. The molecule has 14 heavy (non-hydrogen) atoms. The molecule has 0 heterocycles. The molecule has 4 aliphatic rings. The van der Waals surface area contributed by atoms with Gasteiger partial charge in [0, 0.05) is 19.1 Å². The maximum atomic E-state index is 5.57. The fourth-order valence-corrected chi connectivity index (χ4v) is 4.51. The lowest BCUT2D eigenvalue weighted by molar-refractivity contribution is -0.0131. The van der Waals surface area contributed by atoms with E-state index in [1.54, 1.807) is 6.42 Å².